The van der Waals surface area contributed by atoms with Gasteiger partial charge in [-0.3, -0.25) is 4.79 Å². The number of amides is 3. The Balaban J connectivity index is 1.50. The van der Waals surface area contributed by atoms with Crippen molar-refractivity contribution in [1.29, 1.82) is 0 Å². The van der Waals surface area contributed by atoms with Crippen LogP contribution in [0, 0.1) is 23.4 Å². The highest BCUT2D eigenvalue weighted by atomic mass is 19.1. The molecule has 0 bridgehead atoms. The third-order valence-corrected chi connectivity index (χ3v) is 5.98. The molecule has 2 N–H and O–H groups in total. The van der Waals surface area contributed by atoms with Gasteiger partial charge in [-0.2, -0.15) is 0 Å². The zero-order valence-electron chi connectivity index (χ0n) is 18.3. The number of carbonyl (C=O) groups excluding carboxylic acids is 2. The van der Waals surface area contributed by atoms with Gasteiger partial charge in [0.05, 0.1) is 17.6 Å². The number of hydrogen-bond acceptors (Lipinski definition) is 2. The second kappa shape index (κ2) is 10.4. The molecule has 3 aromatic rings. The smallest absolute Gasteiger partial charge is 0.322 e. The molecule has 0 saturated carbocycles. The zero-order chi connectivity index (χ0) is 24.1. The molecular formula is C26H24F3N3O2. The number of rotatable bonds is 5. The third-order valence-electron chi connectivity index (χ3n) is 5.98. The molecule has 1 fully saturated rings. The predicted molar refractivity (Wildman–Crippen MR) is 122 cm³/mol. The molecule has 0 radical (unpaired) electrons. The molecule has 0 unspecified atom stereocenters. The maximum absolute atomic E-state index is 14.1. The molecule has 2 atom stereocenters. The molecule has 8 heteroatoms. The van der Waals surface area contributed by atoms with E-state index in [2.05, 4.69) is 10.6 Å². The maximum Gasteiger partial charge on any atom is 0.322 e. The summed E-state index contributed by atoms with van der Waals surface area (Å²) in [5, 5.41) is 5.25. The molecule has 0 aliphatic carbocycles. The molecule has 3 aromatic carbocycles. The van der Waals surface area contributed by atoms with Crippen LogP contribution in [0.4, 0.5) is 23.7 Å². The summed E-state index contributed by atoms with van der Waals surface area (Å²) >= 11 is 0. The average molecular weight is 467 g/mol. The summed E-state index contributed by atoms with van der Waals surface area (Å²) in [5.41, 5.74) is 1.11. The second-order valence-corrected chi connectivity index (χ2v) is 8.22. The molecule has 1 saturated heterocycles. The van der Waals surface area contributed by atoms with Crippen LogP contribution in [-0.2, 0) is 11.3 Å². The van der Waals surface area contributed by atoms with Crippen LogP contribution in [0.2, 0.25) is 0 Å². The quantitative estimate of drug-likeness (QED) is 0.528. The van der Waals surface area contributed by atoms with E-state index in [-0.39, 0.29) is 30.7 Å². The van der Waals surface area contributed by atoms with Crippen LogP contribution in [0.15, 0.2) is 72.8 Å². The Kier molecular flexibility index (Phi) is 7.15. The molecule has 0 aromatic heterocycles. The second-order valence-electron chi connectivity index (χ2n) is 8.22. The molecule has 5 nitrogen and oxygen atoms in total. The number of benzene rings is 3. The highest BCUT2D eigenvalue weighted by molar-refractivity contribution is 5.90. The van der Waals surface area contributed by atoms with Crippen molar-refractivity contribution in [3.8, 4) is 0 Å². The Bertz CT molecular complexity index is 1170. The Hall–Kier alpha value is -3.81. The number of likely N-dealkylation sites (tertiary alicyclic amines) is 1. The van der Waals surface area contributed by atoms with E-state index < -0.39 is 29.4 Å². The number of anilines is 1. The van der Waals surface area contributed by atoms with Crippen molar-refractivity contribution >= 4 is 17.6 Å². The topological polar surface area (TPSA) is 61.4 Å². The Labute approximate surface area is 195 Å². The lowest BCUT2D eigenvalue weighted by Crippen LogP contribution is -2.48. The minimum absolute atomic E-state index is 0.0388. The van der Waals surface area contributed by atoms with Gasteiger partial charge in [0.15, 0.2) is 0 Å². The van der Waals surface area contributed by atoms with Gasteiger partial charge in [0.1, 0.15) is 17.5 Å². The Morgan fingerprint density at radius 2 is 1.62 bits per heavy atom. The van der Waals surface area contributed by atoms with E-state index in [1.165, 1.54) is 11.0 Å². The fourth-order valence-electron chi connectivity index (χ4n) is 4.18. The molecule has 3 amide bonds. The summed E-state index contributed by atoms with van der Waals surface area (Å²) in [4.78, 5) is 27.5. The van der Waals surface area contributed by atoms with E-state index in [1.807, 2.05) is 30.3 Å². The van der Waals surface area contributed by atoms with Gasteiger partial charge in [-0.25, -0.2) is 18.0 Å². The van der Waals surface area contributed by atoms with Crippen molar-refractivity contribution in [2.45, 2.75) is 25.4 Å². The predicted octanol–water partition coefficient (Wildman–Crippen LogP) is 5.41. The molecule has 1 heterocycles. The Morgan fingerprint density at radius 3 is 2.35 bits per heavy atom. The number of piperidine rings is 1. The van der Waals surface area contributed by atoms with Crippen LogP contribution in [0.3, 0.4) is 0 Å². The van der Waals surface area contributed by atoms with Crippen LogP contribution < -0.4 is 10.6 Å². The normalized spacial score (nSPS) is 17.8. The average Bonchev–Trinajstić information content (AvgIpc) is 2.85. The fraction of sp³-hybridized carbons (Fsp3) is 0.231. The summed E-state index contributed by atoms with van der Waals surface area (Å²) in [6, 6.07) is 17.6. The third kappa shape index (κ3) is 5.39. The molecule has 4 rings (SSSR count). The lowest BCUT2D eigenvalue weighted by atomic mass is 9.88. The van der Waals surface area contributed by atoms with Crippen molar-refractivity contribution in [2.24, 2.45) is 5.92 Å². The van der Waals surface area contributed by atoms with Crippen LogP contribution in [0.25, 0.3) is 0 Å². The number of halogens is 3. The highest BCUT2D eigenvalue weighted by Gasteiger charge is 2.35. The van der Waals surface area contributed by atoms with Gasteiger partial charge in [-0.05, 0) is 36.6 Å². The largest absolute Gasteiger partial charge is 0.352 e. The first-order valence-electron chi connectivity index (χ1n) is 11.0. The van der Waals surface area contributed by atoms with Gasteiger partial charge in [0, 0.05) is 24.7 Å². The molecule has 1 aliphatic heterocycles. The molecule has 0 spiro atoms. The van der Waals surface area contributed by atoms with Crippen molar-refractivity contribution in [2.75, 3.05) is 11.9 Å². The first-order chi connectivity index (χ1) is 16.4. The number of urea groups is 1. The first kappa shape index (κ1) is 23.4. The minimum Gasteiger partial charge on any atom is -0.352 e. The lowest BCUT2D eigenvalue weighted by Gasteiger charge is -2.39. The zero-order valence-corrected chi connectivity index (χ0v) is 18.3. The van der Waals surface area contributed by atoms with E-state index in [0.717, 1.165) is 17.7 Å². The van der Waals surface area contributed by atoms with Crippen molar-refractivity contribution < 1.29 is 22.8 Å². The summed E-state index contributed by atoms with van der Waals surface area (Å²) < 4.78 is 41.3. The SMILES string of the molecule is O=C(NCc1ccccc1F)[C@H]1CC[C@H](c2ccccc2)N(C(=O)Nc2ccc(F)cc2F)C1. The molecule has 176 valence electrons. The highest BCUT2D eigenvalue weighted by Crippen LogP contribution is 2.34. The summed E-state index contributed by atoms with van der Waals surface area (Å²) in [5.74, 6) is -2.85. The van der Waals surface area contributed by atoms with E-state index >= 15 is 0 Å². The standard InChI is InChI=1S/C26H24F3N3O2/c27-20-11-12-23(22(29)14-20)31-26(34)32-16-19(10-13-24(32)17-6-2-1-3-7-17)25(33)30-15-18-8-4-5-9-21(18)28/h1-9,11-12,14,19,24H,10,13,15-16H2,(H,30,33)(H,31,34)/t19-,24+/m0/s1. The molecule has 34 heavy (non-hydrogen) atoms. The fourth-order valence-corrected chi connectivity index (χ4v) is 4.18. The minimum atomic E-state index is -0.888. The van der Waals surface area contributed by atoms with E-state index in [4.69, 9.17) is 0 Å². The lowest BCUT2D eigenvalue weighted by molar-refractivity contribution is -0.126. The maximum atomic E-state index is 14.1. The van der Waals surface area contributed by atoms with Gasteiger partial charge in [-0.1, -0.05) is 48.5 Å². The monoisotopic (exact) mass is 467 g/mol. The number of hydrogen-bond donors (Lipinski definition) is 2. The van der Waals surface area contributed by atoms with Crippen molar-refractivity contribution in [1.82, 2.24) is 10.2 Å². The Morgan fingerprint density at radius 1 is 0.882 bits per heavy atom. The summed E-state index contributed by atoms with van der Waals surface area (Å²) in [6.45, 7) is 0.133. The van der Waals surface area contributed by atoms with Crippen LogP contribution >= 0.6 is 0 Å². The van der Waals surface area contributed by atoms with E-state index in [0.29, 0.717) is 24.5 Å². The van der Waals surface area contributed by atoms with Crippen molar-refractivity contribution in [3.63, 3.8) is 0 Å². The van der Waals surface area contributed by atoms with E-state index in [1.54, 1.807) is 18.2 Å². The van der Waals surface area contributed by atoms with Crippen LogP contribution in [0.5, 0.6) is 0 Å². The number of carbonyl (C=O) groups is 2. The molecular weight excluding hydrogens is 443 g/mol. The van der Waals surface area contributed by atoms with Gasteiger partial charge in [0.25, 0.3) is 0 Å². The van der Waals surface area contributed by atoms with E-state index in [9.17, 15) is 22.8 Å². The number of nitrogens with zero attached hydrogens (tertiary/aromatic N) is 1. The van der Waals surface area contributed by atoms with Gasteiger partial charge < -0.3 is 15.5 Å². The summed E-state index contributed by atoms with van der Waals surface area (Å²) in [6.07, 6.45) is 1.04. The van der Waals surface area contributed by atoms with Crippen LogP contribution in [0.1, 0.15) is 30.0 Å². The van der Waals surface area contributed by atoms with Gasteiger partial charge in [0.2, 0.25) is 5.91 Å². The van der Waals surface area contributed by atoms with Crippen molar-refractivity contribution in [3.05, 3.63) is 101 Å². The number of nitrogens with one attached hydrogen (secondary N) is 2. The molecule has 1 aliphatic rings. The first-order valence-corrected chi connectivity index (χ1v) is 11.0. The van der Waals surface area contributed by atoms with Gasteiger partial charge >= 0.3 is 6.03 Å². The van der Waals surface area contributed by atoms with Gasteiger partial charge in [-0.15, -0.1) is 0 Å². The summed E-state index contributed by atoms with van der Waals surface area (Å²) in [7, 11) is 0. The van der Waals surface area contributed by atoms with Crippen LogP contribution in [-0.4, -0.2) is 23.4 Å².